The van der Waals surface area contributed by atoms with Crippen molar-refractivity contribution < 1.29 is 4.79 Å². The van der Waals surface area contributed by atoms with Gasteiger partial charge in [-0.1, -0.05) is 0 Å². The van der Waals surface area contributed by atoms with Crippen LogP contribution in [0.15, 0.2) is 18.6 Å². The maximum Gasteiger partial charge on any atom is 0.289 e. The summed E-state index contributed by atoms with van der Waals surface area (Å²) >= 11 is 0. The molecule has 1 fully saturated rings. The minimum absolute atomic E-state index is 0.0106. The van der Waals surface area contributed by atoms with Crippen LogP contribution < -0.4 is 0 Å². The largest absolute Gasteiger partial charge is 0.338 e. The van der Waals surface area contributed by atoms with Crippen molar-refractivity contribution in [2.24, 2.45) is 5.92 Å². The average molecular weight is 287 g/mol. The van der Waals surface area contributed by atoms with Crippen LogP contribution in [0.1, 0.15) is 34.7 Å². The van der Waals surface area contributed by atoms with Crippen molar-refractivity contribution in [1.29, 1.82) is 0 Å². The van der Waals surface area contributed by atoms with Crippen LogP contribution >= 0.6 is 0 Å². The zero-order valence-corrected chi connectivity index (χ0v) is 12.5. The molecule has 21 heavy (non-hydrogen) atoms. The number of H-pyrrole nitrogens is 1. The highest BCUT2D eigenvalue weighted by molar-refractivity contribution is 5.90. The zero-order chi connectivity index (χ0) is 14.8. The number of likely N-dealkylation sites (tertiary alicyclic amines) is 1. The van der Waals surface area contributed by atoms with Gasteiger partial charge in [0.05, 0.1) is 6.20 Å². The molecule has 0 spiro atoms. The quantitative estimate of drug-likeness (QED) is 0.935. The van der Waals surface area contributed by atoms with E-state index in [0.717, 1.165) is 38.2 Å². The van der Waals surface area contributed by atoms with Gasteiger partial charge in [0, 0.05) is 37.7 Å². The van der Waals surface area contributed by atoms with Gasteiger partial charge in [-0.2, -0.15) is 5.10 Å². The molecule has 2 aromatic rings. The Morgan fingerprint density at radius 3 is 2.67 bits per heavy atom. The van der Waals surface area contributed by atoms with Gasteiger partial charge in [0.2, 0.25) is 0 Å². The molecule has 0 radical (unpaired) electrons. The molecular weight excluding hydrogens is 266 g/mol. The Bertz CT molecular complexity index is 622. The van der Waals surface area contributed by atoms with E-state index in [-0.39, 0.29) is 5.91 Å². The van der Waals surface area contributed by atoms with Crippen LogP contribution in [0.25, 0.3) is 0 Å². The Hall–Kier alpha value is -2.11. The third kappa shape index (κ3) is 3.15. The number of piperidine rings is 1. The lowest BCUT2D eigenvalue weighted by Crippen LogP contribution is -2.39. The summed E-state index contributed by atoms with van der Waals surface area (Å²) in [6.07, 6.45) is 7.69. The Balaban J connectivity index is 1.54. The molecule has 1 N–H and O–H groups in total. The van der Waals surface area contributed by atoms with Crippen LogP contribution in [-0.2, 0) is 6.54 Å². The van der Waals surface area contributed by atoms with Crippen LogP contribution in [0.3, 0.4) is 0 Å². The van der Waals surface area contributed by atoms with Crippen molar-refractivity contribution in [1.82, 2.24) is 24.6 Å². The molecule has 0 atom stereocenters. The van der Waals surface area contributed by atoms with Crippen molar-refractivity contribution in [3.63, 3.8) is 0 Å². The van der Waals surface area contributed by atoms with Gasteiger partial charge in [0.25, 0.3) is 5.91 Å². The van der Waals surface area contributed by atoms with Gasteiger partial charge in [0.1, 0.15) is 0 Å². The number of nitrogens with zero attached hydrogens (tertiary/aromatic N) is 4. The molecule has 1 saturated heterocycles. The number of amides is 1. The van der Waals surface area contributed by atoms with E-state index >= 15 is 0 Å². The number of aromatic amines is 1. The molecule has 6 nitrogen and oxygen atoms in total. The normalized spacial score (nSPS) is 16.4. The maximum atomic E-state index is 12.3. The Morgan fingerprint density at radius 1 is 1.33 bits per heavy atom. The third-order valence-electron chi connectivity index (χ3n) is 4.01. The summed E-state index contributed by atoms with van der Waals surface area (Å²) in [5.74, 6) is 1.05. The Morgan fingerprint density at radius 2 is 2.10 bits per heavy atom. The molecule has 0 unspecified atom stereocenters. The summed E-state index contributed by atoms with van der Waals surface area (Å²) in [5.41, 5.74) is 2.11. The van der Waals surface area contributed by atoms with Crippen molar-refractivity contribution in [3.8, 4) is 0 Å². The summed E-state index contributed by atoms with van der Waals surface area (Å²) in [7, 11) is 0. The number of aromatic nitrogens is 4. The molecule has 0 saturated carbocycles. The molecule has 1 aliphatic heterocycles. The van der Waals surface area contributed by atoms with Gasteiger partial charge in [-0.15, -0.1) is 0 Å². The van der Waals surface area contributed by atoms with Crippen LogP contribution in [0, 0.1) is 19.8 Å². The van der Waals surface area contributed by atoms with Crippen molar-refractivity contribution >= 4 is 5.91 Å². The summed E-state index contributed by atoms with van der Waals surface area (Å²) in [6, 6.07) is 0. The second-order valence-corrected chi connectivity index (χ2v) is 5.89. The van der Waals surface area contributed by atoms with Gasteiger partial charge in [0.15, 0.2) is 5.82 Å². The molecule has 112 valence electrons. The van der Waals surface area contributed by atoms with Crippen LogP contribution in [0.4, 0.5) is 0 Å². The SMILES string of the molecule is Cc1cnn(CC2CCN(C(=O)c3ncc(C)[nH]3)CC2)c1. The lowest BCUT2D eigenvalue weighted by molar-refractivity contribution is 0.0670. The highest BCUT2D eigenvalue weighted by atomic mass is 16.2. The van der Waals surface area contributed by atoms with Crippen molar-refractivity contribution in [2.45, 2.75) is 33.2 Å². The first-order valence-electron chi connectivity index (χ1n) is 7.42. The molecular formula is C15H21N5O. The van der Waals surface area contributed by atoms with E-state index in [1.807, 2.05) is 22.7 Å². The van der Waals surface area contributed by atoms with Gasteiger partial charge in [-0.25, -0.2) is 4.98 Å². The number of hydrogen-bond acceptors (Lipinski definition) is 3. The van der Waals surface area contributed by atoms with Crippen LogP contribution in [0.5, 0.6) is 0 Å². The predicted molar refractivity (Wildman–Crippen MR) is 78.9 cm³/mol. The topological polar surface area (TPSA) is 66.8 Å². The van der Waals surface area contributed by atoms with Gasteiger partial charge in [-0.05, 0) is 38.2 Å². The first-order chi connectivity index (χ1) is 10.1. The molecule has 1 amide bonds. The highest BCUT2D eigenvalue weighted by Gasteiger charge is 2.25. The molecule has 3 heterocycles. The molecule has 1 aliphatic rings. The van der Waals surface area contributed by atoms with E-state index in [2.05, 4.69) is 28.2 Å². The minimum Gasteiger partial charge on any atom is -0.338 e. The lowest BCUT2D eigenvalue weighted by atomic mass is 9.97. The molecule has 0 bridgehead atoms. The Kier molecular flexibility index (Phi) is 3.77. The first-order valence-corrected chi connectivity index (χ1v) is 7.42. The fourth-order valence-corrected chi connectivity index (χ4v) is 2.82. The summed E-state index contributed by atoms with van der Waals surface area (Å²) < 4.78 is 2.01. The van der Waals surface area contributed by atoms with E-state index < -0.39 is 0 Å². The van der Waals surface area contributed by atoms with Gasteiger partial charge < -0.3 is 9.88 Å². The standard InChI is InChI=1S/C15H21N5O/c1-11-7-17-20(9-11)10-13-3-5-19(6-4-13)15(21)14-16-8-12(2)18-14/h7-9,13H,3-6,10H2,1-2H3,(H,16,18). The fourth-order valence-electron chi connectivity index (χ4n) is 2.82. The second-order valence-electron chi connectivity index (χ2n) is 5.89. The van der Waals surface area contributed by atoms with Crippen LogP contribution in [0.2, 0.25) is 0 Å². The van der Waals surface area contributed by atoms with E-state index in [4.69, 9.17) is 0 Å². The fraction of sp³-hybridized carbons (Fsp3) is 0.533. The van der Waals surface area contributed by atoms with E-state index in [9.17, 15) is 4.79 Å². The number of carbonyl (C=O) groups is 1. The van der Waals surface area contributed by atoms with E-state index in [0.29, 0.717) is 11.7 Å². The average Bonchev–Trinajstić information content (AvgIpc) is 3.08. The molecule has 6 heteroatoms. The van der Waals surface area contributed by atoms with Crippen LogP contribution in [-0.4, -0.2) is 43.6 Å². The third-order valence-corrected chi connectivity index (χ3v) is 4.01. The number of carbonyl (C=O) groups excluding carboxylic acids is 1. The van der Waals surface area contributed by atoms with Gasteiger partial charge in [-0.3, -0.25) is 9.48 Å². The maximum absolute atomic E-state index is 12.3. The lowest BCUT2D eigenvalue weighted by Gasteiger charge is -2.31. The number of nitrogens with one attached hydrogen (secondary N) is 1. The first kappa shape index (κ1) is 13.9. The summed E-state index contributed by atoms with van der Waals surface area (Å²) in [4.78, 5) is 21.3. The van der Waals surface area contributed by atoms with E-state index in [1.165, 1.54) is 5.56 Å². The number of imidazole rings is 1. The monoisotopic (exact) mass is 287 g/mol. The second kappa shape index (κ2) is 5.71. The predicted octanol–water partition coefficient (Wildman–Crippen LogP) is 1.78. The van der Waals surface area contributed by atoms with Crippen molar-refractivity contribution in [2.75, 3.05) is 13.1 Å². The van der Waals surface area contributed by atoms with Gasteiger partial charge >= 0.3 is 0 Å². The number of aryl methyl sites for hydroxylation is 2. The molecule has 3 rings (SSSR count). The highest BCUT2D eigenvalue weighted by Crippen LogP contribution is 2.20. The summed E-state index contributed by atoms with van der Waals surface area (Å²) in [5, 5.41) is 4.34. The van der Waals surface area contributed by atoms with Crippen molar-refractivity contribution in [3.05, 3.63) is 35.7 Å². The molecule has 2 aromatic heterocycles. The molecule has 0 aromatic carbocycles. The summed E-state index contributed by atoms with van der Waals surface area (Å²) in [6.45, 7) is 6.49. The molecule has 0 aliphatic carbocycles. The minimum atomic E-state index is 0.0106. The number of rotatable bonds is 3. The zero-order valence-electron chi connectivity index (χ0n) is 12.5. The smallest absolute Gasteiger partial charge is 0.289 e. The number of hydrogen-bond donors (Lipinski definition) is 1. The van der Waals surface area contributed by atoms with E-state index in [1.54, 1.807) is 6.20 Å². The Labute approximate surface area is 124 Å².